The first-order valence-electron chi connectivity index (χ1n) is 6.08. The Kier molecular flexibility index (Phi) is 3.20. The zero-order valence-electron chi connectivity index (χ0n) is 11.2. The zero-order valence-corrected chi connectivity index (χ0v) is 11.2. The van der Waals surface area contributed by atoms with Crippen molar-refractivity contribution in [3.63, 3.8) is 0 Å². The Morgan fingerprint density at radius 3 is 2.61 bits per heavy atom. The Balaban J connectivity index is 2.10. The minimum Gasteiger partial charge on any atom is -0.454 e. The third-order valence-corrected chi connectivity index (χ3v) is 3.28. The summed E-state index contributed by atoms with van der Waals surface area (Å²) in [6.07, 6.45) is 0. The van der Waals surface area contributed by atoms with Crippen LogP contribution in [-0.4, -0.2) is 18.7 Å². The van der Waals surface area contributed by atoms with Gasteiger partial charge in [-0.15, -0.1) is 0 Å². The lowest BCUT2D eigenvalue weighted by Crippen LogP contribution is -2.41. The maximum Gasteiger partial charge on any atom is 0.251 e. The van der Waals surface area contributed by atoms with Crippen LogP contribution in [0, 0.1) is 5.41 Å². The average molecular weight is 249 g/mol. The highest BCUT2D eigenvalue weighted by molar-refractivity contribution is 5.95. The van der Waals surface area contributed by atoms with Gasteiger partial charge in [-0.25, -0.2) is 0 Å². The first-order valence-corrected chi connectivity index (χ1v) is 6.08. The van der Waals surface area contributed by atoms with Gasteiger partial charge in [-0.2, -0.15) is 0 Å². The van der Waals surface area contributed by atoms with E-state index in [1.54, 1.807) is 18.2 Å². The molecule has 0 aliphatic carbocycles. The number of ether oxygens (including phenoxy) is 2. The average Bonchev–Trinajstić information content (AvgIpc) is 2.74. The number of carbonyl (C=O) groups excluding carboxylic acids is 1. The van der Waals surface area contributed by atoms with Crippen molar-refractivity contribution >= 4 is 5.91 Å². The fourth-order valence-electron chi connectivity index (χ4n) is 1.53. The van der Waals surface area contributed by atoms with Crippen molar-refractivity contribution in [2.45, 2.75) is 33.7 Å². The molecule has 4 heteroatoms. The van der Waals surface area contributed by atoms with Crippen LogP contribution in [-0.2, 0) is 0 Å². The van der Waals surface area contributed by atoms with Crippen molar-refractivity contribution in [2.24, 2.45) is 5.41 Å². The molecule has 0 bridgehead atoms. The normalized spacial score (nSPS) is 15.3. The van der Waals surface area contributed by atoms with Crippen molar-refractivity contribution in [3.05, 3.63) is 23.8 Å². The molecule has 4 nitrogen and oxygen atoms in total. The van der Waals surface area contributed by atoms with Gasteiger partial charge in [0.05, 0.1) is 0 Å². The van der Waals surface area contributed by atoms with Crippen LogP contribution >= 0.6 is 0 Å². The third-order valence-electron chi connectivity index (χ3n) is 3.28. The topological polar surface area (TPSA) is 47.6 Å². The monoisotopic (exact) mass is 249 g/mol. The quantitative estimate of drug-likeness (QED) is 0.876. The molecule has 0 spiro atoms. The lowest BCUT2D eigenvalue weighted by molar-refractivity contribution is 0.0909. The van der Waals surface area contributed by atoms with E-state index in [9.17, 15) is 4.79 Å². The van der Waals surface area contributed by atoms with Crippen LogP contribution in [0.3, 0.4) is 0 Å². The molecule has 1 aliphatic heterocycles. The Morgan fingerprint density at radius 1 is 1.28 bits per heavy atom. The van der Waals surface area contributed by atoms with Crippen LogP contribution in [0.25, 0.3) is 0 Å². The van der Waals surface area contributed by atoms with Crippen molar-refractivity contribution in [1.29, 1.82) is 0 Å². The van der Waals surface area contributed by atoms with Crippen LogP contribution in [0.2, 0.25) is 0 Å². The number of nitrogens with one attached hydrogen (secondary N) is 1. The Bertz CT molecular complexity index is 463. The molecule has 1 amide bonds. The summed E-state index contributed by atoms with van der Waals surface area (Å²) in [5, 5.41) is 2.99. The lowest BCUT2D eigenvalue weighted by atomic mass is 9.88. The molecular formula is C14H19NO3. The molecule has 1 heterocycles. The number of carbonyl (C=O) groups is 1. The van der Waals surface area contributed by atoms with Crippen LogP contribution in [0.1, 0.15) is 38.1 Å². The maximum atomic E-state index is 12.1. The summed E-state index contributed by atoms with van der Waals surface area (Å²) in [7, 11) is 0. The van der Waals surface area contributed by atoms with Crippen LogP contribution in [0.15, 0.2) is 18.2 Å². The molecule has 0 radical (unpaired) electrons. The number of amides is 1. The molecule has 0 saturated carbocycles. The molecule has 1 aliphatic rings. The second-order valence-electron chi connectivity index (χ2n) is 5.63. The number of hydrogen-bond acceptors (Lipinski definition) is 3. The summed E-state index contributed by atoms with van der Waals surface area (Å²) in [6, 6.07) is 5.32. The highest BCUT2D eigenvalue weighted by Crippen LogP contribution is 2.32. The summed E-state index contributed by atoms with van der Waals surface area (Å²) >= 11 is 0. The minimum absolute atomic E-state index is 0.0337. The highest BCUT2D eigenvalue weighted by atomic mass is 16.7. The van der Waals surface area contributed by atoms with E-state index in [-0.39, 0.29) is 24.2 Å². The van der Waals surface area contributed by atoms with Gasteiger partial charge in [0.2, 0.25) is 6.79 Å². The van der Waals surface area contributed by atoms with Gasteiger partial charge in [-0.3, -0.25) is 4.79 Å². The van der Waals surface area contributed by atoms with Crippen molar-refractivity contribution in [2.75, 3.05) is 6.79 Å². The molecule has 0 aromatic heterocycles. The number of hydrogen-bond donors (Lipinski definition) is 1. The van der Waals surface area contributed by atoms with E-state index in [1.165, 1.54) is 0 Å². The number of rotatable bonds is 2. The molecule has 2 rings (SSSR count). The minimum atomic E-state index is -0.0873. The SMILES string of the molecule is C[C@@H](NC(=O)c1ccc2c(c1)OCO2)C(C)(C)C. The second kappa shape index (κ2) is 4.52. The largest absolute Gasteiger partial charge is 0.454 e. The summed E-state index contributed by atoms with van der Waals surface area (Å²) < 4.78 is 10.5. The van der Waals surface area contributed by atoms with E-state index in [4.69, 9.17) is 9.47 Å². The summed E-state index contributed by atoms with van der Waals surface area (Å²) in [5.41, 5.74) is 0.627. The van der Waals surface area contributed by atoms with Gasteiger partial charge in [0, 0.05) is 11.6 Å². The van der Waals surface area contributed by atoms with E-state index < -0.39 is 0 Å². The van der Waals surface area contributed by atoms with Crippen LogP contribution < -0.4 is 14.8 Å². The fourth-order valence-corrected chi connectivity index (χ4v) is 1.53. The van der Waals surface area contributed by atoms with Gasteiger partial charge in [0.25, 0.3) is 5.91 Å². The summed E-state index contributed by atoms with van der Waals surface area (Å²) in [5.74, 6) is 1.23. The van der Waals surface area contributed by atoms with E-state index in [2.05, 4.69) is 26.1 Å². The van der Waals surface area contributed by atoms with Gasteiger partial charge in [0.1, 0.15) is 0 Å². The number of benzene rings is 1. The molecule has 0 fully saturated rings. The summed E-state index contributed by atoms with van der Waals surface area (Å²) in [6.45, 7) is 8.51. The summed E-state index contributed by atoms with van der Waals surface area (Å²) in [4.78, 5) is 12.1. The van der Waals surface area contributed by atoms with Crippen molar-refractivity contribution < 1.29 is 14.3 Å². The highest BCUT2D eigenvalue weighted by Gasteiger charge is 2.23. The lowest BCUT2D eigenvalue weighted by Gasteiger charge is -2.28. The molecule has 1 atom stereocenters. The van der Waals surface area contributed by atoms with Crippen molar-refractivity contribution in [3.8, 4) is 11.5 Å². The first-order chi connectivity index (χ1) is 8.38. The van der Waals surface area contributed by atoms with Gasteiger partial charge in [0.15, 0.2) is 11.5 Å². The van der Waals surface area contributed by atoms with E-state index in [0.717, 1.165) is 0 Å². The molecule has 1 aromatic carbocycles. The Morgan fingerprint density at radius 2 is 1.94 bits per heavy atom. The van der Waals surface area contributed by atoms with Gasteiger partial charge in [-0.1, -0.05) is 20.8 Å². The Labute approximate surface area is 107 Å². The Hall–Kier alpha value is -1.71. The molecule has 0 saturated heterocycles. The van der Waals surface area contributed by atoms with Crippen LogP contribution in [0.5, 0.6) is 11.5 Å². The molecular weight excluding hydrogens is 230 g/mol. The second-order valence-corrected chi connectivity index (χ2v) is 5.63. The van der Waals surface area contributed by atoms with Crippen molar-refractivity contribution in [1.82, 2.24) is 5.32 Å². The predicted octanol–water partition coefficient (Wildman–Crippen LogP) is 2.58. The molecule has 1 N–H and O–H groups in total. The van der Waals surface area contributed by atoms with E-state index in [0.29, 0.717) is 17.1 Å². The van der Waals surface area contributed by atoms with E-state index in [1.807, 2.05) is 6.92 Å². The van der Waals surface area contributed by atoms with Gasteiger partial charge < -0.3 is 14.8 Å². The standard InChI is InChI=1S/C14H19NO3/c1-9(14(2,3)4)15-13(16)10-5-6-11-12(7-10)18-8-17-11/h5-7,9H,8H2,1-4H3,(H,15,16)/t9-/m1/s1. The third kappa shape index (κ3) is 2.58. The fraction of sp³-hybridized carbons (Fsp3) is 0.500. The molecule has 1 aromatic rings. The smallest absolute Gasteiger partial charge is 0.251 e. The maximum absolute atomic E-state index is 12.1. The van der Waals surface area contributed by atoms with Gasteiger partial charge >= 0.3 is 0 Å². The first kappa shape index (κ1) is 12.7. The van der Waals surface area contributed by atoms with Crippen LogP contribution in [0.4, 0.5) is 0 Å². The predicted molar refractivity (Wildman–Crippen MR) is 68.9 cm³/mol. The molecule has 0 unspecified atom stereocenters. The molecule has 18 heavy (non-hydrogen) atoms. The van der Waals surface area contributed by atoms with E-state index >= 15 is 0 Å². The zero-order chi connectivity index (χ0) is 13.3. The number of fused-ring (bicyclic) bond motifs is 1. The molecule has 98 valence electrons. The van der Waals surface area contributed by atoms with Gasteiger partial charge in [-0.05, 0) is 30.5 Å².